The van der Waals surface area contributed by atoms with Crippen molar-refractivity contribution in [3.8, 4) is 11.3 Å². The van der Waals surface area contributed by atoms with Crippen LogP contribution in [0.15, 0.2) is 61.2 Å². The number of H-pyrrole nitrogens is 1. The Bertz CT molecular complexity index is 1460. The number of carbonyl (C=O) groups is 1. The Kier molecular flexibility index (Phi) is 10.4. The number of likely N-dealkylation sites (tertiary alicyclic amines) is 1. The van der Waals surface area contributed by atoms with E-state index in [1.165, 1.54) is 29.9 Å². The van der Waals surface area contributed by atoms with Crippen LogP contribution in [0.4, 0.5) is 10.8 Å². The lowest BCUT2D eigenvalue weighted by atomic mass is 10.0. The second-order valence-electron chi connectivity index (χ2n) is 9.91. The van der Waals surface area contributed by atoms with Crippen molar-refractivity contribution in [1.29, 1.82) is 0 Å². The average Bonchev–Trinajstić information content (AvgIpc) is 3.71. The second kappa shape index (κ2) is 14.3. The molecule has 1 fully saturated rings. The quantitative estimate of drug-likeness (QED) is 0.244. The third-order valence-electron chi connectivity index (χ3n) is 6.39. The summed E-state index contributed by atoms with van der Waals surface area (Å²) in [5.41, 5.74) is 6.10. The van der Waals surface area contributed by atoms with Crippen molar-refractivity contribution >= 4 is 34.4 Å². The van der Waals surface area contributed by atoms with E-state index >= 15 is 0 Å². The molecule has 1 aromatic carbocycles. The largest absolute Gasteiger partial charge is 0.362 e. The second-order valence-corrected chi connectivity index (χ2v) is 10.7. The van der Waals surface area contributed by atoms with Gasteiger partial charge in [0.1, 0.15) is 5.00 Å². The lowest BCUT2D eigenvalue weighted by molar-refractivity contribution is -0.109. The van der Waals surface area contributed by atoms with E-state index in [4.69, 9.17) is 4.79 Å². The predicted octanol–water partition coefficient (Wildman–Crippen LogP) is 5.22. The van der Waals surface area contributed by atoms with Crippen LogP contribution < -0.4 is 10.6 Å². The fourth-order valence-electron chi connectivity index (χ4n) is 4.55. The number of carbonyl (C=O) groups excluding carboxylic acids is 1. The van der Waals surface area contributed by atoms with Crippen molar-refractivity contribution in [3.05, 3.63) is 78.1 Å². The first-order valence-corrected chi connectivity index (χ1v) is 14.2. The zero-order valence-electron chi connectivity index (χ0n) is 23.5. The molecular formula is C29H37N9OS. The van der Waals surface area contributed by atoms with E-state index in [0.29, 0.717) is 6.41 Å². The van der Waals surface area contributed by atoms with Crippen LogP contribution >= 0.6 is 11.5 Å². The van der Waals surface area contributed by atoms with Crippen LogP contribution in [-0.4, -0.2) is 60.4 Å². The normalized spacial score (nSPS) is 14.9. The number of nitrogens with one attached hydrogen (secondary N) is 3. The lowest BCUT2D eigenvalue weighted by Gasteiger charge is -2.30. The molecule has 0 spiro atoms. The highest BCUT2D eigenvalue weighted by molar-refractivity contribution is 7.10. The molecule has 1 amide bonds. The number of hydrogen-bond donors (Lipinski definition) is 3. The molecule has 210 valence electrons. The molecule has 0 aliphatic carbocycles. The first kappa shape index (κ1) is 28.9. The number of aryl methyl sites for hydroxylation is 2. The predicted molar refractivity (Wildman–Crippen MR) is 161 cm³/mol. The summed E-state index contributed by atoms with van der Waals surface area (Å²) in [4.78, 5) is 20.8. The number of benzene rings is 1. The SMILES string of the molecule is CNC=O.Cc1ccccc1.Cc1cn2c(-c3cn[nH]c3)cnc2c(Nc2cc(CN3CCCC(C)C3)ns2)n1. The van der Waals surface area contributed by atoms with Gasteiger partial charge < -0.3 is 10.6 Å². The molecule has 0 saturated carbocycles. The van der Waals surface area contributed by atoms with Crippen LogP contribution in [0, 0.1) is 19.8 Å². The highest BCUT2D eigenvalue weighted by Crippen LogP contribution is 2.28. The van der Waals surface area contributed by atoms with Crippen molar-refractivity contribution in [2.75, 3.05) is 25.5 Å². The molecule has 1 unspecified atom stereocenters. The number of aromatic nitrogens is 6. The highest BCUT2D eigenvalue weighted by atomic mass is 32.1. The maximum atomic E-state index is 9.06. The van der Waals surface area contributed by atoms with Crippen molar-refractivity contribution in [3.63, 3.8) is 0 Å². The fourth-order valence-corrected chi connectivity index (χ4v) is 5.21. The number of anilines is 2. The van der Waals surface area contributed by atoms with Gasteiger partial charge in [-0.3, -0.25) is 19.2 Å². The van der Waals surface area contributed by atoms with Crippen LogP contribution in [0.25, 0.3) is 16.9 Å². The van der Waals surface area contributed by atoms with Crippen molar-refractivity contribution in [1.82, 2.24) is 39.2 Å². The molecule has 3 N–H and O–H groups in total. The number of nitrogens with zero attached hydrogens (tertiary/aromatic N) is 6. The lowest BCUT2D eigenvalue weighted by Crippen LogP contribution is -2.33. The van der Waals surface area contributed by atoms with Gasteiger partial charge in [0.25, 0.3) is 0 Å². The van der Waals surface area contributed by atoms with E-state index in [9.17, 15) is 0 Å². The zero-order valence-corrected chi connectivity index (χ0v) is 24.3. The summed E-state index contributed by atoms with van der Waals surface area (Å²) in [5.74, 6) is 1.51. The minimum Gasteiger partial charge on any atom is -0.362 e. The summed E-state index contributed by atoms with van der Waals surface area (Å²) < 4.78 is 6.70. The summed E-state index contributed by atoms with van der Waals surface area (Å²) >= 11 is 1.47. The van der Waals surface area contributed by atoms with Gasteiger partial charge in [0.05, 0.1) is 29.5 Å². The topological polar surface area (TPSA) is 116 Å². The smallest absolute Gasteiger partial charge is 0.206 e. The maximum absolute atomic E-state index is 9.06. The molecule has 1 saturated heterocycles. The molecule has 0 bridgehead atoms. The molecule has 5 heterocycles. The summed E-state index contributed by atoms with van der Waals surface area (Å²) in [7, 11) is 1.56. The van der Waals surface area contributed by atoms with Crippen LogP contribution in [0.1, 0.15) is 36.7 Å². The summed E-state index contributed by atoms with van der Waals surface area (Å²) in [6.07, 6.45) is 10.7. The minimum absolute atomic E-state index is 0.625. The standard InChI is InChI=1S/C20H24N8S.C7H8.C2H5NO/c1-13-4-3-5-27(10-13)12-16-6-18(29-26-16)25-19-20-21-9-17(15-7-22-23-8-15)28(20)11-14(2)24-19;1-7-5-3-2-4-6-7;1-3-2-4/h6-9,11,13H,3-5,10,12H2,1-2H3,(H,22,23)(H,24,25);2-6H,1H3;2H,1H3,(H,3,4). The third kappa shape index (κ3) is 7.96. The van der Waals surface area contributed by atoms with Gasteiger partial charge in [-0.25, -0.2) is 9.97 Å². The van der Waals surface area contributed by atoms with Gasteiger partial charge in [-0.2, -0.15) is 9.47 Å². The average molecular weight is 560 g/mol. The molecule has 40 heavy (non-hydrogen) atoms. The Balaban J connectivity index is 0.000000283. The Morgan fingerprint density at radius 3 is 2.65 bits per heavy atom. The molecular weight excluding hydrogens is 522 g/mol. The van der Waals surface area contributed by atoms with E-state index in [2.05, 4.69) is 72.1 Å². The summed E-state index contributed by atoms with van der Waals surface area (Å²) in [5, 5.41) is 13.6. The Morgan fingerprint density at radius 1 is 1.20 bits per heavy atom. The highest BCUT2D eigenvalue weighted by Gasteiger charge is 2.18. The molecule has 0 radical (unpaired) electrons. The number of fused-ring (bicyclic) bond motifs is 1. The molecule has 4 aromatic heterocycles. The Morgan fingerprint density at radius 2 is 2.00 bits per heavy atom. The van der Waals surface area contributed by atoms with Gasteiger partial charge in [-0.1, -0.05) is 42.8 Å². The fraction of sp³-hybridized carbons (Fsp3) is 0.345. The Hall–Kier alpha value is -4.09. The van der Waals surface area contributed by atoms with Crippen LogP contribution in [0.3, 0.4) is 0 Å². The number of aromatic amines is 1. The van der Waals surface area contributed by atoms with Crippen LogP contribution in [0.5, 0.6) is 0 Å². The molecule has 5 aromatic rings. The molecule has 1 aliphatic heterocycles. The number of amides is 1. The van der Waals surface area contributed by atoms with Gasteiger partial charge >= 0.3 is 0 Å². The number of piperidine rings is 1. The van der Waals surface area contributed by atoms with Crippen molar-refractivity contribution in [2.24, 2.45) is 5.92 Å². The van der Waals surface area contributed by atoms with Gasteiger partial charge in [0, 0.05) is 38.1 Å². The molecule has 1 aliphatic rings. The maximum Gasteiger partial charge on any atom is 0.206 e. The summed E-state index contributed by atoms with van der Waals surface area (Å²) in [6.45, 7) is 9.63. The molecule has 1 atom stereocenters. The number of rotatable bonds is 6. The Labute approximate surface area is 239 Å². The van der Waals surface area contributed by atoms with E-state index in [0.717, 1.165) is 64.7 Å². The molecule has 10 nitrogen and oxygen atoms in total. The van der Waals surface area contributed by atoms with E-state index in [1.54, 1.807) is 13.2 Å². The minimum atomic E-state index is 0.625. The van der Waals surface area contributed by atoms with Gasteiger partial charge in [0.2, 0.25) is 6.41 Å². The van der Waals surface area contributed by atoms with Crippen LogP contribution in [0.2, 0.25) is 0 Å². The number of imidazole rings is 1. The van der Waals surface area contributed by atoms with Gasteiger partial charge in [-0.15, -0.1) is 0 Å². The molecule has 11 heteroatoms. The molecule has 6 rings (SSSR count). The van der Waals surface area contributed by atoms with E-state index < -0.39 is 0 Å². The van der Waals surface area contributed by atoms with Gasteiger partial charge in [0.15, 0.2) is 11.5 Å². The van der Waals surface area contributed by atoms with Crippen LogP contribution in [-0.2, 0) is 11.3 Å². The third-order valence-corrected chi connectivity index (χ3v) is 7.13. The van der Waals surface area contributed by atoms with E-state index in [-0.39, 0.29) is 0 Å². The van der Waals surface area contributed by atoms with E-state index in [1.807, 2.05) is 48.1 Å². The number of hydrogen-bond acceptors (Lipinski definition) is 8. The monoisotopic (exact) mass is 559 g/mol. The first-order chi connectivity index (χ1) is 19.5. The zero-order chi connectivity index (χ0) is 28.3. The first-order valence-electron chi connectivity index (χ1n) is 13.4. The van der Waals surface area contributed by atoms with Gasteiger partial charge in [-0.05, 0) is 56.8 Å². The summed E-state index contributed by atoms with van der Waals surface area (Å²) in [6, 6.07) is 12.4. The van der Waals surface area contributed by atoms with Crippen molar-refractivity contribution in [2.45, 2.75) is 40.2 Å². The van der Waals surface area contributed by atoms with Crippen molar-refractivity contribution < 1.29 is 4.79 Å².